The molecule has 0 unspecified atom stereocenters. The zero-order valence-electron chi connectivity index (χ0n) is 11.3. The highest BCUT2D eigenvalue weighted by atomic mass is 32.1. The summed E-state index contributed by atoms with van der Waals surface area (Å²) in [6.45, 7) is 2.82. The van der Waals surface area contributed by atoms with Crippen molar-refractivity contribution in [2.75, 3.05) is 11.9 Å². The molecule has 0 fully saturated rings. The van der Waals surface area contributed by atoms with Crippen molar-refractivity contribution in [1.82, 2.24) is 5.32 Å². The van der Waals surface area contributed by atoms with Gasteiger partial charge in [0.2, 0.25) is 0 Å². The predicted molar refractivity (Wildman–Crippen MR) is 85.5 cm³/mol. The molecule has 2 aromatic carbocycles. The normalized spacial score (nSPS) is 11.7. The van der Waals surface area contributed by atoms with Crippen molar-refractivity contribution in [1.29, 1.82) is 0 Å². The summed E-state index contributed by atoms with van der Waals surface area (Å²) >= 11 is 5.18. The fourth-order valence-corrected chi connectivity index (χ4v) is 2.07. The van der Waals surface area contributed by atoms with Crippen molar-refractivity contribution in [3.63, 3.8) is 0 Å². The van der Waals surface area contributed by atoms with Crippen molar-refractivity contribution in [3.8, 4) is 0 Å². The van der Waals surface area contributed by atoms with Crippen LogP contribution in [0.1, 0.15) is 18.4 Å². The molecule has 0 spiro atoms. The molecule has 0 aliphatic carbocycles. The van der Waals surface area contributed by atoms with Gasteiger partial charge in [0.1, 0.15) is 5.82 Å². The minimum atomic E-state index is -0.312. The van der Waals surface area contributed by atoms with Gasteiger partial charge in [-0.1, -0.05) is 49.4 Å². The standard InChI is InChI=1S/C16H17FN2S/c1-12(13-7-3-2-4-8-13)11-18-16(20)19-15-10-6-5-9-14(15)17/h2-10,12H,11H2,1H3,(H2,18,19,20)/t12-/m1/s1. The van der Waals surface area contributed by atoms with Crippen LogP contribution in [0.2, 0.25) is 0 Å². The number of anilines is 1. The van der Waals surface area contributed by atoms with Crippen LogP contribution in [0.15, 0.2) is 54.6 Å². The van der Waals surface area contributed by atoms with E-state index in [4.69, 9.17) is 12.2 Å². The van der Waals surface area contributed by atoms with Crippen LogP contribution in [0, 0.1) is 5.82 Å². The quantitative estimate of drug-likeness (QED) is 0.834. The highest BCUT2D eigenvalue weighted by Gasteiger charge is 2.07. The molecule has 0 amide bonds. The van der Waals surface area contributed by atoms with E-state index in [0.717, 1.165) is 0 Å². The third-order valence-corrected chi connectivity index (χ3v) is 3.31. The molecule has 2 nitrogen and oxygen atoms in total. The van der Waals surface area contributed by atoms with Gasteiger partial charge in [0.05, 0.1) is 5.69 Å². The summed E-state index contributed by atoms with van der Waals surface area (Å²) in [4.78, 5) is 0. The first kappa shape index (κ1) is 14.5. The Morgan fingerprint density at radius 2 is 1.75 bits per heavy atom. The lowest BCUT2D eigenvalue weighted by atomic mass is 10.0. The summed E-state index contributed by atoms with van der Waals surface area (Å²) in [5.41, 5.74) is 1.63. The van der Waals surface area contributed by atoms with E-state index in [-0.39, 0.29) is 5.82 Å². The van der Waals surface area contributed by atoms with Crippen molar-refractivity contribution in [3.05, 3.63) is 66.0 Å². The lowest BCUT2D eigenvalue weighted by Crippen LogP contribution is -2.31. The van der Waals surface area contributed by atoms with E-state index in [0.29, 0.717) is 23.3 Å². The second-order valence-electron chi connectivity index (χ2n) is 4.63. The summed E-state index contributed by atoms with van der Waals surface area (Å²) in [5, 5.41) is 6.40. The van der Waals surface area contributed by atoms with E-state index >= 15 is 0 Å². The second-order valence-corrected chi connectivity index (χ2v) is 5.03. The maximum atomic E-state index is 13.5. The zero-order chi connectivity index (χ0) is 14.4. The molecule has 2 rings (SSSR count). The molecule has 20 heavy (non-hydrogen) atoms. The highest BCUT2D eigenvalue weighted by molar-refractivity contribution is 7.80. The minimum absolute atomic E-state index is 0.312. The van der Waals surface area contributed by atoms with E-state index in [1.807, 2.05) is 18.2 Å². The predicted octanol–water partition coefficient (Wildman–Crippen LogP) is 3.92. The molecule has 0 aromatic heterocycles. The number of thiocarbonyl (C=S) groups is 1. The third-order valence-electron chi connectivity index (χ3n) is 3.06. The number of hydrogen-bond donors (Lipinski definition) is 2. The Kier molecular flexibility index (Phi) is 5.07. The zero-order valence-corrected chi connectivity index (χ0v) is 12.1. The van der Waals surface area contributed by atoms with Gasteiger partial charge in [-0.05, 0) is 35.8 Å². The van der Waals surface area contributed by atoms with Crippen LogP contribution >= 0.6 is 12.2 Å². The summed E-state index contributed by atoms with van der Waals surface area (Å²) in [5.74, 6) is 0.0179. The van der Waals surface area contributed by atoms with Crippen molar-refractivity contribution < 1.29 is 4.39 Å². The lowest BCUT2D eigenvalue weighted by Gasteiger charge is -2.15. The molecule has 0 heterocycles. The molecule has 0 saturated heterocycles. The molecule has 2 aromatic rings. The van der Waals surface area contributed by atoms with Gasteiger partial charge < -0.3 is 10.6 Å². The SMILES string of the molecule is C[C@H](CNC(=S)Nc1ccccc1F)c1ccccc1. The van der Waals surface area contributed by atoms with E-state index in [1.165, 1.54) is 11.6 Å². The van der Waals surface area contributed by atoms with E-state index in [2.05, 4.69) is 29.7 Å². The van der Waals surface area contributed by atoms with Crippen molar-refractivity contribution in [2.24, 2.45) is 0 Å². The van der Waals surface area contributed by atoms with E-state index in [9.17, 15) is 4.39 Å². The van der Waals surface area contributed by atoms with Crippen molar-refractivity contribution in [2.45, 2.75) is 12.8 Å². The topological polar surface area (TPSA) is 24.1 Å². The molecule has 4 heteroatoms. The van der Waals surface area contributed by atoms with Crippen LogP contribution in [-0.4, -0.2) is 11.7 Å². The lowest BCUT2D eigenvalue weighted by molar-refractivity contribution is 0.632. The molecule has 0 aliphatic heterocycles. The van der Waals surface area contributed by atoms with Gasteiger partial charge in [-0.15, -0.1) is 0 Å². The van der Waals surface area contributed by atoms with Crippen LogP contribution in [0.25, 0.3) is 0 Å². The summed E-state index contributed by atoms with van der Waals surface area (Å²) in [6, 6.07) is 16.7. The molecular formula is C16H17FN2S. The fourth-order valence-electron chi connectivity index (χ4n) is 1.87. The number of hydrogen-bond acceptors (Lipinski definition) is 1. The molecule has 2 N–H and O–H groups in total. The highest BCUT2D eigenvalue weighted by Crippen LogP contribution is 2.14. The van der Waals surface area contributed by atoms with E-state index < -0.39 is 0 Å². The van der Waals surface area contributed by atoms with Crippen LogP contribution in [0.5, 0.6) is 0 Å². The Labute approximate surface area is 124 Å². The summed E-state index contributed by atoms with van der Waals surface area (Å²) < 4.78 is 13.5. The molecule has 0 radical (unpaired) electrons. The largest absolute Gasteiger partial charge is 0.362 e. The van der Waals surface area contributed by atoms with Gasteiger partial charge in [0.15, 0.2) is 5.11 Å². The number of rotatable bonds is 4. The molecule has 0 bridgehead atoms. The van der Waals surface area contributed by atoms with Gasteiger partial charge >= 0.3 is 0 Å². The van der Waals surface area contributed by atoms with Gasteiger partial charge in [0.25, 0.3) is 0 Å². The Morgan fingerprint density at radius 1 is 1.10 bits per heavy atom. The van der Waals surface area contributed by atoms with Gasteiger partial charge in [0, 0.05) is 6.54 Å². The summed E-state index contributed by atoms with van der Waals surface area (Å²) in [7, 11) is 0. The van der Waals surface area contributed by atoms with Crippen LogP contribution in [0.3, 0.4) is 0 Å². The monoisotopic (exact) mass is 288 g/mol. The minimum Gasteiger partial charge on any atom is -0.362 e. The maximum Gasteiger partial charge on any atom is 0.170 e. The van der Waals surface area contributed by atoms with Crippen molar-refractivity contribution >= 4 is 23.0 Å². The Hall–Kier alpha value is -1.94. The summed E-state index contributed by atoms with van der Waals surface area (Å²) in [6.07, 6.45) is 0. The van der Waals surface area contributed by atoms with Crippen LogP contribution in [0.4, 0.5) is 10.1 Å². The molecular weight excluding hydrogens is 271 g/mol. The smallest absolute Gasteiger partial charge is 0.170 e. The molecule has 104 valence electrons. The first-order chi connectivity index (χ1) is 9.66. The van der Waals surface area contributed by atoms with Gasteiger partial charge in [-0.25, -0.2) is 4.39 Å². The second kappa shape index (κ2) is 7.01. The number of para-hydroxylation sites is 1. The number of nitrogens with one attached hydrogen (secondary N) is 2. The first-order valence-corrected chi connectivity index (χ1v) is 6.92. The third kappa shape index (κ3) is 4.03. The molecule has 1 atom stereocenters. The average molecular weight is 288 g/mol. The number of benzene rings is 2. The van der Waals surface area contributed by atoms with E-state index in [1.54, 1.807) is 18.2 Å². The molecule has 0 saturated carbocycles. The van der Waals surface area contributed by atoms with Gasteiger partial charge in [-0.2, -0.15) is 0 Å². The molecule has 0 aliphatic rings. The average Bonchev–Trinajstić information content (AvgIpc) is 2.48. The van der Waals surface area contributed by atoms with Gasteiger partial charge in [-0.3, -0.25) is 0 Å². The Morgan fingerprint density at radius 3 is 2.45 bits per heavy atom. The maximum absolute atomic E-state index is 13.5. The van der Waals surface area contributed by atoms with Crippen LogP contribution in [-0.2, 0) is 0 Å². The number of halogens is 1. The Balaban J connectivity index is 1.85. The van der Waals surface area contributed by atoms with Crippen LogP contribution < -0.4 is 10.6 Å². The first-order valence-electron chi connectivity index (χ1n) is 6.51. The fraction of sp³-hybridized carbons (Fsp3) is 0.188. The Bertz CT molecular complexity index is 572.